The number of hydrogen-bond donors (Lipinski definition) is 1. The van der Waals surface area contributed by atoms with Crippen molar-refractivity contribution in [3.8, 4) is 11.4 Å². The number of benzene rings is 1. The molecule has 1 heterocycles. The SMILES string of the molecule is COc1cccc(-n2nc(C(=O)O)nc2C2CCC2)c1. The van der Waals surface area contributed by atoms with Crippen molar-refractivity contribution in [3.05, 3.63) is 35.9 Å². The van der Waals surface area contributed by atoms with Crippen molar-refractivity contribution in [2.45, 2.75) is 25.2 Å². The summed E-state index contributed by atoms with van der Waals surface area (Å²) in [7, 11) is 1.59. The van der Waals surface area contributed by atoms with Crippen LogP contribution in [0.3, 0.4) is 0 Å². The van der Waals surface area contributed by atoms with E-state index in [4.69, 9.17) is 9.84 Å². The Morgan fingerprint density at radius 2 is 2.25 bits per heavy atom. The number of carboxylic acid groups (broad SMARTS) is 1. The monoisotopic (exact) mass is 273 g/mol. The standard InChI is InChI=1S/C14H15N3O3/c1-20-11-7-3-6-10(8-11)17-13(9-4-2-5-9)15-12(16-17)14(18)19/h3,6-9H,2,4-5H2,1H3,(H,18,19). The molecule has 6 nitrogen and oxygen atoms in total. The molecule has 1 aliphatic carbocycles. The van der Waals surface area contributed by atoms with E-state index in [-0.39, 0.29) is 5.82 Å². The van der Waals surface area contributed by atoms with Gasteiger partial charge in [-0.2, -0.15) is 0 Å². The predicted molar refractivity (Wildman–Crippen MR) is 71.5 cm³/mol. The van der Waals surface area contributed by atoms with Crippen LogP contribution in [0.1, 0.15) is 41.6 Å². The Labute approximate surface area is 116 Å². The topological polar surface area (TPSA) is 77.2 Å². The molecule has 0 amide bonds. The summed E-state index contributed by atoms with van der Waals surface area (Å²) in [5.41, 5.74) is 0.770. The molecule has 1 fully saturated rings. The molecular weight excluding hydrogens is 258 g/mol. The van der Waals surface area contributed by atoms with Crippen molar-refractivity contribution in [1.82, 2.24) is 14.8 Å². The van der Waals surface area contributed by atoms with Crippen LogP contribution in [0.4, 0.5) is 0 Å². The van der Waals surface area contributed by atoms with Gasteiger partial charge in [0, 0.05) is 12.0 Å². The van der Waals surface area contributed by atoms with Crippen LogP contribution in [-0.2, 0) is 0 Å². The summed E-state index contributed by atoms with van der Waals surface area (Å²) in [6.07, 6.45) is 3.21. The predicted octanol–water partition coefficient (Wildman–Crippen LogP) is 2.24. The number of methoxy groups -OCH3 is 1. The first-order valence-electron chi connectivity index (χ1n) is 6.53. The number of aromatic nitrogens is 3. The summed E-state index contributed by atoms with van der Waals surface area (Å²) >= 11 is 0. The molecular formula is C14H15N3O3. The van der Waals surface area contributed by atoms with E-state index < -0.39 is 5.97 Å². The number of carbonyl (C=O) groups is 1. The van der Waals surface area contributed by atoms with Crippen LogP contribution >= 0.6 is 0 Å². The minimum Gasteiger partial charge on any atom is -0.497 e. The van der Waals surface area contributed by atoms with Gasteiger partial charge in [0.1, 0.15) is 11.6 Å². The highest BCUT2D eigenvalue weighted by molar-refractivity contribution is 5.83. The van der Waals surface area contributed by atoms with Gasteiger partial charge >= 0.3 is 5.97 Å². The van der Waals surface area contributed by atoms with Gasteiger partial charge in [0.15, 0.2) is 0 Å². The lowest BCUT2D eigenvalue weighted by atomic mass is 9.85. The summed E-state index contributed by atoms with van der Waals surface area (Å²) < 4.78 is 6.81. The fraction of sp³-hybridized carbons (Fsp3) is 0.357. The molecule has 1 aliphatic rings. The van der Waals surface area contributed by atoms with Gasteiger partial charge in [0.05, 0.1) is 12.8 Å². The second-order valence-corrected chi connectivity index (χ2v) is 4.84. The van der Waals surface area contributed by atoms with Crippen molar-refractivity contribution >= 4 is 5.97 Å². The minimum absolute atomic E-state index is 0.158. The Kier molecular flexibility index (Phi) is 3.14. The van der Waals surface area contributed by atoms with Crippen LogP contribution < -0.4 is 4.74 Å². The lowest BCUT2D eigenvalue weighted by Gasteiger charge is -2.24. The zero-order valence-electron chi connectivity index (χ0n) is 11.1. The fourth-order valence-electron chi connectivity index (χ4n) is 2.28. The molecule has 0 atom stereocenters. The van der Waals surface area contributed by atoms with Gasteiger partial charge in [-0.1, -0.05) is 12.5 Å². The van der Waals surface area contributed by atoms with Crippen LogP contribution in [0, 0.1) is 0 Å². The smallest absolute Gasteiger partial charge is 0.375 e. The molecule has 6 heteroatoms. The van der Waals surface area contributed by atoms with Gasteiger partial charge in [-0.25, -0.2) is 14.5 Å². The van der Waals surface area contributed by atoms with Crippen LogP contribution in [0.5, 0.6) is 5.75 Å². The van der Waals surface area contributed by atoms with Gasteiger partial charge < -0.3 is 9.84 Å². The lowest BCUT2D eigenvalue weighted by molar-refractivity contribution is 0.0683. The molecule has 1 aromatic carbocycles. The van der Waals surface area contributed by atoms with E-state index in [0.717, 1.165) is 30.8 Å². The highest BCUT2D eigenvalue weighted by Gasteiger charge is 2.28. The van der Waals surface area contributed by atoms with E-state index in [1.807, 2.05) is 24.3 Å². The average Bonchev–Trinajstić information content (AvgIpc) is 2.82. The molecule has 0 bridgehead atoms. The molecule has 1 saturated carbocycles. The maximum Gasteiger partial charge on any atom is 0.375 e. The Morgan fingerprint density at radius 1 is 1.45 bits per heavy atom. The number of carboxylic acids is 1. The second-order valence-electron chi connectivity index (χ2n) is 4.84. The normalized spacial score (nSPS) is 14.8. The molecule has 0 aliphatic heterocycles. The second kappa shape index (κ2) is 4.96. The third-order valence-corrected chi connectivity index (χ3v) is 3.59. The van der Waals surface area contributed by atoms with Gasteiger partial charge in [-0.05, 0) is 25.0 Å². The van der Waals surface area contributed by atoms with E-state index in [1.54, 1.807) is 11.8 Å². The van der Waals surface area contributed by atoms with Gasteiger partial charge in [-0.15, -0.1) is 5.10 Å². The molecule has 3 rings (SSSR count). The summed E-state index contributed by atoms with van der Waals surface area (Å²) in [5.74, 6) is 0.458. The molecule has 0 unspecified atom stereocenters. The Hall–Kier alpha value is -2.37. The van der Waals surface area contributed by atoms with E-state index in [0.29, 0.717) is 11.7 Å². The van der Waals surface area contributed by atoms with Crippen molar-refractivity contribution < 1.29 is 14.6 Å². The zero-order chi connectivity index (χ0) is 14.1. The number of nitrogens with zero attached hydrogens (tertiary/aromatic N) is 3. The summed E-state index contributed by atoms with van der Waals surface area (Å²) in [6.45, 7) is 0. The summed E-state index contributed by atoms with van der Waals surface area (Å²) in [6, 6.07) is 7.37. The maximum atomic E-state index is 11.1. The van der Waals surface area contributed by atoms with Gasteiger partial charge in [0.25, 0.3) is 5.82 Å². The van der Waals surface area contributed by atoms with Crippen molar-refractivity contribution in [2.24, 2.45) is 0 Å². The lowest BCUT2D eigenvalue weighted by Crippen LogP contribution is -2.15. The highest BCUT2D eigenvalue weighted by atomic mass is 16.5. The van der Waals surface area contributed by atoms with Gasteiger partial charge in [-0.3, -0.25) is 0 Å². The number of aromatic carboxylic acids is 1. The summed E-state index contributed by atoms with van der Waals surface area (Å²) in [4.78, 5) is 15.3. The first-order chi connectivity index (χ1) is 9.69. The first kappa shape index (κ1) is 12.7. The number of hydrogen-bond acceptors (Lipinski definition) is 4. The third kappa shape index (κ3) is 2.13. The largest absolute Gasteiger partial charge is 0.497 e. The molecule has 0 saturated heterocycles. The first-order valence-corrected chi connectivity index (χ1v) is 6.53. The van der Waals surface area contributed by atoms with E-state index >= 15 is 0 Å². The molecule has 0 spiro atoms. The van der Waals surface area contributed by atoms with Crippen LogP contribution in [0.25, 0.3) is 5.69 Å². The Morgan fingerprint density at radius 3 is 2.85 bits per heavy atom. The fourth-order valence-corrected chi connectivity index (χ4v) is 2.28. The minimum atomic E-state index is -1.10. The van der Waals surface area contributed by atoms with E-state index in [2.05, 4.69) is 10.1 Å². The number of ether oxygens (including phenoxy) is 1. The third-order valence-electron chi connectivity index (χ3n) is 3.59. The number of rotatable bonds is 4. The van der Waals surface area contributed by atoms with Crippen molar-refractivity contribution in [3.63, 3.8) is 0 Å². The van der Waals surface area contributed by atoms with Gasteiger partial charge in [0.2, 0.25) is 0 Å². The molecule has 0 radical (unpaired) electrons. The Balaban J connectivity index is 2.08. The quantitative estimate of drug-likeness (QED) is 0.924. The molecule has 1 aromatic heterocycles. The molecule has 1 N–H and O–H groups in total. The average molecular weight is 273 g/mol. The Bertz CT molecular complexity index is 647. The van der Waals surface area contributed by atoms with E-state index in [9.17, 15) is 4.79 Å². The van der Waals surface area contributed by atoms with Crippen LogP contribution in [-0.4, -0.2) is 33.0 Å². The van der Waals surface area contributed by atoms with Crippen LogP contribution in [0.15, 0.2) is 24.3 Å². The van der Waals surface area contributed by atoms with Crippen LogP contribution in [0.2, 0.25) is 0 Å². The van der Waals surface area contributed by atoms with Crippen molar-refractivity contribution in [2.75, 3.05) is 7.11 Å². The molecule has 20 heavy (non-hydrogen) atoms. The maximum absolute atomic E-state index is 11.1. The van der Waals surface area contributed by atoms with E-state index in [1.165, 1.54) is 0 Å². The highest BCUT2D eigenvalue weighted by Crippen LogP contribution is 2.36. The zero-order valence-corrected chi connectivity index (χ0v) is 11.1. The molecule has 104 valence electrons. The van der Waals surface area contributed by atoms with Crippen molar-refractivity contribution in [1.29, 1.82) is 0 Å². The summed E-state index contributed by atoms with van der Waals surface area (Å²) in [5, 5.41) is 13.2. The molecule has 2 aromatic rings.